The SMILES string of the molecule is COCCNC(=O)N1CCCN(c2nc3ncccc3o2)CC1. The molecular formula is C15H21N5O3. The van der Waals surface area contributed by atoms with Crippen molar-refractivity contribution in [1.29, 1.82) is 0 Å². The van der Waals surface area contributed by atoms with Gasteiger partial charge in [-0.2, -0.15) is 4.98 Å². The molecule has 0 atom stereocenters. The molecule has 1 aliphatic heterocycles. The average Bonchev–Trinajstić information content (AvgIpc) is 2.84. The summed E-state index contributed by atoms with van der Waals surface area (Å²) in [5, 5.41) is 2.85. The molecule has 124 valence electrons. The van der Waals surface area contributed by atoms with Gasteiger partial charge in [-0.25, -0.2) is 9.78 Å². The molecule has 23 heavy (non-hydrogen) atoms. The van der Waals surface area contributed by atoms with Gasteiger partial charge < -0.3 is 24.3 Å². The number of fused-ring (bicyclic) bond motifs is 1. The van der Waals surface area contributed by atoms with Gasteiger partial charge in [0.2, 0.25) is 5.65 Å². The van der Waals surface area contributed by atoms with Crippen LogP contribution in [0.2, 0.25) is 0 Å². The second-order valence-electron chi connectivity index (χ2n) is 5.37. The minimum Gasteiger partial charge on any atom is -0.422 e. The highest BCUT2D eigenvalue weighted by atomic mass is 16.5. The molecule has 2 aromatic rings. The van der Waals surface area contributed by atoms with E-state index in [-0.39, 0.29) is 6.03 Å². The molecule has 0 aromatic carbocycles. The fourth-order valence-electron chi connectivity index (χ4n) is 2.58. The van der Waals surface area contributed by atoms with E-state index in [1.165, 1.54) is 0 Å². The topological polar surface area (TPSA) is 83.7 Å². The number of carbonyl (C=O) groups is 1. The van der Waals surface area contributed by atoms with Gasteiger partial charge >= 0.3 is 6.03 Å². The molecule has 2 aromatic heterocycles. The van der Waals surface area contributed by atoms with Gasteiger partial charge in [-0.3, -0.25) is 0 Å². The summed E-state index contributed by atoms with van der Waals surface area (Å²) >= 11 is 0. The maximum absolute atomic E-state index is 12.1. The minimum atomic E-state index is -0.0527. The van der Waals surface area contributed by atoms with Crippen LogP contribution in [-0.2, 0) is 4.74 Å². The van der Waals surface area contributed by atoms with Gasteiger partial charge in [0.25, 0.3) is 6.01 Å². The van der Waals surface area contributed by atoms with Gasteiger partial charge in [-0.1, -0.05) is 0 Å². The van der Waals surface area contributed by atoms with Crippen molar-refractivity contribution in [2.24, 2.45) is 0 Å². The molecule has 2 amide bonds. The second kappa shape index (κ2) is 7.28. The van der Waals surface area contributed by atoms with Crippen LogP contribution in [0.3, 0.4) is 0 Å². The van der Waals surface area contributed by atoms with Crippen molar-refractivity contribution >= 4 is 23.3 Å². The van der Waals surface area contributed by atoms with Gasteiger partial charge in [-0.15, -0.1) is 0 Å². The van der Waals surface area contributed by atoms with Gasteiger partial charge in [0, 0.05) is 46.0 Å². The Balaban J connectivity index is 1.60. The molecule has 0 aliphatic carbocycles. The average molecular weight is 319 g/mol. The van der Waals surface area contributed by atoms with Crippen LogP contribution in [0.5, 0.6) is 0 Å². The van der Waals surface area contributed by atoms with Crippen LogP contribution in [-0.4, -0.2) is 67.3 Å². The molecule has 0 saturated carbocycles. The number of oxazole rings is 1. The van der Waals surface area contributed by atoms with Gasteiger partial charge in [0.1, 0.15) is 0 Å². The van der Waals surface area contributed by atoms with Crippen molar-refractivity contribution in [2.75, 3.05) is 51.3 Å². The summed E-state index contributed by atoms with van der Waals surface area (Å²) in [6.07, 6.45) is 2.56. The first-order valence-electron chi connectivity index (χ1n) is 7.76. The molecule has 1 saturated heterocycles. The molecule has 1 fully saturated rings. The fourth-order valence-corrected chi connectivity index (χ4v) is 2.58. The van der Waals surface area contributed by atoms with Gasteiger partial charge in [0.05, 0.1) is 6.61 Å². The van der Waals surface area contributed by atoms with Crippen LogP contribution in [0.25, 0.3) is 11.2 Å². The smallest absolute Gasteiger partial charge is 0.317 e. The molecule has 1 aliphatic rings. The minimum absolute atomic E-state index is 0.0527. The second-order valence-corrected chi connectivity index (χ2v) is 5.37. The number of urea groups is 1. The first kappa shape index (κ1) is 15.5. The zero-order chi connectivity index (χ0) is 16.1. The van der Waals surface area contributed by atoms with Crippen LogP contribution in [0.4, 0.5) is 10.8 Å². The number of methoxy groups -OCH3 is 1. The largest absolute Gasteiger partial charge is 0.422 e. The number of pyridine rings is 1. The van der Waals surface area contributed by atoms with E-state index in [0.717, 1.165) is 13.0 Å². The first-order valence-corrected chi connectivity index (χ1v) is 7.76. The maximum atomic E-state index is 12.1. The van der Waals surface area contributed by atoms with E-state index in [0.29, 0.717) is 50.0 Å². The van der Waals surface area contributed by atoms with Gasteiger partial charge in [-0.05, 0) is 18.6 Å². The highest BCUT2D eigenvalue weighted by molar-refractivity contribution is 5.74. The Labute approximate surface area is 134 Å². The summed E-state index contributed by atoms with van der Waals surface area (Å²) in [6, 6.07) is 4.20. The molecule has 8 nitrogen and oxygen atoms in total. The van der Waals surface area contributed by atoms with Gasteiger partial charge in [0.15, 0.2) is 5.58 Å². The standard InChI is InChI=1S/C15H21N5O3/c1-22-11-6-17-14(21)19-7-3-8-20(10-9-19)15-18-13-12(23-15)4-2-5-16-13/h2,4-5H,3,6-11H2,1H3,(H,17,21). The van der Waals surface area contributed by atoms with Crippen molar-refractivity contribution in [3.63, 3.8) is 0 Å². The third-order valence-electron chi connectivity index (χ3n) is 3.79. The number of amides is 2. The Morgan fingerprint density at radius 3 is 3.13 bits per heavy atom. The number of rotatable bonds is 4. The van der Waals surface area contributed by atoms with Crippen molar-refractivity contribution in [2.45, 2.75) is 6.42 Å². The Bertz CT molecular complexity index is 626. The Morgan fingerprint density at radius 2 is 2.30 bits per heavy atom. The molecule has 0 spiro atoms. The van der Waals surface area contributed by atoms with E-state index in [2.05, 4.69) is 20.2 Å². The number of hydrogen-bond acceptors (Lipinski definition) is 6. The molecular weight excluding hydrogens is 298 g/mol. The zero-order valence-corrected chi connectivity index (χ0v) is 13.2. The van der Waals surface area contributed by atoms with Crippen LogP contribution in [0.15, 0.2) is 22.7 Å². The van der Waals surface area contributed by atoms with Crippen molar-refractivity contribution < 1.29 is 13.9 Å². The number of carbonyl (C=O) groups excluding carboxylic acids is 1. The molecule has 1 N–H and O–H groups in total. The third-order valence-corrected chi connectivity index (χ3v) is 3.79. The highest BCUT2D eigenvalue weighted by Gasteiger charge is 2.22. The lowest BCUT2D eigenvalue weighted by Gasteiger charge is -2.21. The molecule has 3 rings (SSSR count). The molecule has 0 unspecified atom stereocenters. The van der Waals surface area contributed by atoms with Crippen LogP contribution < -0.4 is 10.2 Å². The van der Waals surface area contributed by atoms with Crippen LogP contribution >= 0.6 is 0 Å². The predicted molar refractivity (Wildman–Crippen MR) is 85.5 cm³/mol. The summed E-state index contributed by atoms with van der Waals surface area (Å²) in [7, 11) is 1.62. The number of nitrogens with zero attached hydrogens (tertiary/aromatic N) is 4. The van der Waals surface area contributed by atoms with Crippen molar-refractivity contribution in [3.8, 4) is 0 Å². The van der Waals surface area contributed by atoms with E-state index in [1.807, 2.05) is 17.0 Å². The number of hydrogen-bond donors (Lipinski definition) is 1. The van der Waals surface area contributed by atoms with E-state index in [1.54, 1.807) is 13.3 Å². The Kier molecular flexibility index (Phi) is 4.92. The summed E-state index contributed by atoms with van der Waals surface area (Å²) in [5.41, 5.74) is 1.29. The summed E-state index contributed by atoms with van der Waals surface area (Å²) in [5.74, 6) is 0. The molecule has 8 heteroatoms. The number of nitrogens with one attached hydrogen (secondary N) is 1. The summed E-state index contributed by atoms with van der Waals surface area (Å²) in [6.45, 7) is 3.87. The summed E-state index contributed by atoms with van der Waals surface area (Å²) < 4.78 is 10.7. The van der Waals surface area contributed by atoms with Crippen molar-refractivity contribution in [3.05, 3.63) is 18.3 Å². The Morgan fingerprint density at radius 1 is 1.39 bits per heavy atom. The number of anilines is 1. The third kappa shape index (κ3) is 3.70. The molecule has 0 radical (unpaired) electrons. The predicted octanol–water partition coefficient (Wildman–Crippen LogP) is 1.09. The number of aromatic nitrogens is 2. The zero-order valence-electron chi connectivity index (χ0n) is 13.2. The van der Waals surface area contributed by atoms with E-state index >= 15 is 0 Å². The van der Waals surface area contributed by atoms with E-state index in [4.69, 9.17) is 9.15 Å². The molecule has 3 heterocycles. The monoisotopic (exact) mass is 319 g/mol. The normalized spacial score (nSPS) is 15.7. The van der Waals surface area contributed by atoms with Crippen LogP contribution in [0, 0.1) is 0 Å². The lowest BCUT2D eigenvalue weighted by Crippen LogP contribution is -2.43. The lowest BCUT2D eigenvalue weighted by molar-refractivity contribution is 0.181. The number of ether oxygens (including phenoxy) is 1. The van der Waals surface area contributed by atoms with E-state index in [9.17, 15) is 4.79 Å². The van der Waals surface area contributed by atoms with Crippen LogP contribution in [0.1, 0.15) is 6.42 Å². The molecule has 0 bridgehead atoms. The van der Waals surface area contributed by atoms with E-state index < -0.39 is 0 Å². The van der Waals surface area contributed by atoms with Crippen molar-refractivity contribution in [1.82, 2.24) is 20.2 Å². The first-order chi connectivity index (χ1) is 11.3. The highest BCUT2D eigenvalue weighted by Crippen LogP contribution is 2.21. The quantitative estimate of drug-likeness (QED) is 0.849. The maximum Gasteiger partial charge on any atom is 0.317 e. The lowest BCUT2D eigenvalue weighted by atomic mass is 10.4. The summed E-state index contributed by atoms with van der Waals surface area (Å²) in [4.78, 5) is 24.6. The fraction of sp³-hybridized carbons (Fsp3) is 0.533. The Hall–Kier alpha value is -2.35.